The van der Waals surface area contributed by atoms with Crippen LogP contribution in [0.3, 0.4) is 0 Å². The van der Waals surface area contributed by atoms with Gasteiger partial charge in [0.1, 0.15) is 6.04 Å². The molecule has 2 heterocycles. The largest absolute Gasteiger partial charge is 0.350 e. The van der Waals surface area contributed by atoms with Gasteiger partial charge < -0.3 is 9.80 Å². The van der Waals surface area contributed by atoms with E-state index >= 15 is 0 Å². The number of hydrogen-bond donors (Lipinski definition) is 1. The van der Waals surface area contributed by atoms with Gasteiger partial charge in [0, 0.05) is 12.8 Å². The highest BCUT2D eigenvalue weighted by atomic mass is 16.1. The topological polar surface area (TPSA) is 29.1 Å². The molecular weight excluding hydrogens is 164 g/mol. The van der Waals surface area contributed by atoms with Crippen molar-refractivity contribution >= 4 is 5.91 Å². The Bertz CT molecular complexity index is 225. The molecular formula is C10H19N2O+. The lowest BCUT2D eigenvalue weighted by Gasteiger charge is -2.45. The average Bonchev–Trinajstić information content (AvgIpc) is 2.17. The second kappa shape index (κ2) is 2.98. The van der Waals surface area contributed by atoms with Crippen LogP contribution in [0.15, 0.2) is 0 Å². The minimum atomic E-state index is 0.251. The maximum atomic E-state index is 11.4. The van der Waals surface area contributed by atoms with Crippen molar-refractivity contribution in [3.63, 3.8) is 0 Å². The highest BCUT2D eigenvalue weighted by Gasteiger charge is 2.42. The Morgan fingerprint density at radius 3 is 2.77 bits per heavy atom. The summed E-state index contributed by atoms with van der Waals surface area (Å²) in [5.41, 5.74) is 0. The Morgan fingerprint density at radius 1 is 1.31 bits per heavy atom. The lowest BCUT2D eigenvalue weighted by atomic mass is 9.92. The molecule has 2 fully saturated rings. The number of likely N-dealkylation sites (N-methyl/N-ethyl adjacent to an activating group) is 1. The number of carbonyl (C=O) groups is 1. The van der Waals surface area contributed by atoms with Crippen LogP contribution in [0.1, 0.15) is 25.7 Å². The van der Waals surface area contributed by atoms with Gasteiger partial charge in [-0.15, -0.1) is 0 Å². The number of nitrogens with zero attached hydrogens (tertiary/aromatic N) is 1. The molecule has 0 aromatic rings. The molecule has 74 valence electrons. The molecule has 0 aromatic carbocycles. The number of carbonyl (C=O) groups excluding carboxylic acids is 1. The third-order valence-corrected chi connectivity index (χ3v) is 3.91. The SMILES string of the molecule is C[N+]1(C)C2CCCC1CC(=O)NC2. The Balaban J connectivity index is 2.24. The van der Waals surface area contributed by atoms with Crippen molar-refractivity contribution in [2.45, 2.75) is 37.8 Å². The molecule has 0 spiro atoms. The van der Waals surface area contributed by atoms with Crippen LogP contribution in [0.5, 0.6) is 0 Å². The van der Waals surface area contributed by atoms with Crippen LogP contribution in [-0.4, -0.2) is 43.1 Å². The van der Waals surface area contributed by atoms with E-state index in [1.54, 1.807) is 0 Å². The van der Waals surface area contributed by atoms with Gasteiger partial charge in [0.15, 0.2) is 0 Å². The van der Waals surface area contributed by atoms with E-state index in [4.69, 9.17) is 0 Å². The van der Waals surface area contributed by atoms with Crippen molar-refractivity contribution in [3.05, 3.63) is 0 Å². The first-order chi connectivity index (χ1) is 6.10. The number of fused-ring (bicyclic) bond motifs is 2. The predicted molar refractivity (Wildman–Crippen MR) is 51.2 cm³/mol. The molecule has 0 radical (unpaired) electrons. The second-order valence-corrected chi connectivity index (χ2v) is 4.88. The fourth-order valence-electron chi connectivity index (χ4n) is 2.75. The van der Waals surface area contributed by atoms with Crippen LogP contribution in [-0.2, 0) is 4.79 Å². The maximum absolute atomic E-state index is 11.4. The van der Waals surface area contributed by atoms with Gasteiger partial charge in [-0.25, -0.2) is 0 Å². The van der Waals surface area contributed by atoms with Crippen molar-refractivity contribution in [3.8, 4) is 0 Å². The van der Waals surface area contributed by atoms with Gasteiger partial charge in [-0.1, -0.05) is 0 Å². The van der Waals surface area contributed by atoms with Gasteiger partial charge in [0.2, 0.25) is 5.91 Å². The monoisotopic (exact) mass is 183 g/mol. The smallest absolute Gasteiger partial charge is 0.226 e. The quantitative estimate of drug-likeness (QED) is 0.545. The normalized spacial score (nSPS) is 37.8. The molecule has 1 N–H and O–H groups in total. The molecule has 13 heavy (non-hydrogen) atoms. The maximum Gasteiger partial charge on any atom is 0.226 e. The first-order valence-electron chi connectivity index (χ1n) is 5.21. The summed E-state index contributed by atoms with van der Waals surface area (Å²) in [6.45, 7) is 0.877. The van der Waals surface area contributed by atoms with Gasteiger partial charge in [-0.2, -0.15) is 0 Å². The zero-order chi connectivity index (χ0) is 9.47. The van der Waals surface area contributed by atoms with Gasteiger partial charge >= 0.3 is 0 Å². The van der Waals surface area contributed by atoms with Crippen molar-refractivity contribution in [2.75, 3.05) is 20.6 Å². The summed E-state index contributed by atoms with van der Waals surface area (Å²) in [5, 5.41) is 3.02. The molecule has 2 aliphatic heterocycles. The first-order valence-corrected chi connectivity index (χ1v) is 5.21. The molecule has 0 aliphatic carbocycles. The van der Waals surface area contributed by atoms with Crippen LogP contribution >= 0.6 is 0 Å². The number of nitrogens with one attached hydrogen (secondary N) is 1. The number of rotatable bonds is 0. The van der Waals surface area contributed by atoms with Crippen molar-refractivity contribution in [1.29, 1.82) is 0 Å². The van der Waals surface area contributed by atoms with E-state index in [0.29, 0.717) is 12.1 Å². The first kappa shape index (κ1) is 9.00. The summed E-state index contributed by atoms with van der Waals surface area (Å²) in [5.74, 6) is 0.251. The highest BCUT2D eigenvalue weighted by molar-refractivity contribution is 5.76. The summed E-state index contributed by atoms with van der Waals surface area (Å²) in [6, 6.07) is 1.20. The number of piperidine rings is 1. The number of hydrogen-bond acceptors (Lipinski definition) is 1. The van der Waals surface area contributed by atoms with Gasteiger partial charge in [-0.05, 0) is 6.42 Å². The lowest BCUT2D eigenvalue weighted by molar-refractivity contribution is -0.941. The molecule has 3 nitrogen and oxygen atoms in total. The average molecular weight is 183 g/mol. The minimum Gasteiger partial charge on any atom is -0.350 e. The van der Waals surface area contributed by atoms with Crippen molar-refractivity contribution in [1.82, 2.24) is 5.32 Å². The van der Waals surface area contributed by atoms with Gasteiger partial charge in [0.25, 0.3) is 0 Å². The molecule has 2 saturated heterocycles. The Hall–Kier alpha value is -0.570. The third-order valence-electron chi connectivity index (χ3n) is 3.91. The van der Waals surface area contributed by atoms with E-state index in [-0.39, 0.29) is 5.91 Å². The molecule has 2 bridgehead atoms. The van der Waals surface area contributed by atoms with Gasteiger partial charge in [-0.3, -0.25) is 4.79 Å². The summed E-state index contributed by atoms with van der Waals surface area (Å²) < 4.78 is 1.04. The molecule has 2 rings (SSSR count). The van der Waals surface area contributed by atoms with Crippen molar-refractivity contribution in [2.24, 2.45) is 0 Å². The van der Waals surface area contributed by atoms with E-state index in [0.717, 1.165) is 17.4 Å². The summed E-state index contributed by atoms with van der Waals surface area (Å²) in [7, 11) is 4.55. The zero-order valence-corrected chi connectivity index (χ0v) is 8.55. The van der Waals surface area contributed by atoms with E-state index in [9.17, 15) is 4.79 Å². The Kier molecular flexibility index (Phi) is 2.06. The third kappa shape index (κ3) is 1.46. The fraction of sp³-hybridized carbons (Fsp3) is 0.900. The van der Waals surface area contributed by atoms with Crippen molar-refractivity contribution < 1.29 is 9.28 Å². The van der Waals surface area contributed by atoms with Gasteiger partial charge in [0.05, 0.1) is 33.1 Å². The number of amides is 1. The van der Waals surface area contributed by atoms with E-state index < -0.39 is 0 Å². The van der Waals surface area contributed by atoms with Crippen LogP contribution in [0.25, 0.3) is 0 Å². The fourth-order valence-corrected chi connectivity index (χ4v) is 2.75. The second-order valence-electron chi connectivity index (χ2n) is 4.88. The minimum absolute atomic E-state index is 0.251. The van der Waals surface area contributed by atoms with E-state index in [1.165, 1.54) is 19.3 Å². The molecule has 3 heteroatoms. The van der Waals surface area contributed by atoms with Crippen LogP contribution in [0.2, 0.25) is 0 Å². The van der Waals surface area contributed by atoms with Crippen LogP contribution in [0.4, 0.5) is 0 Å². The standard InChI is InChI=1S/C10H18N2O/c1-12(2)8-4-3-5-9(12)7-11-10(13)6-8/h8-9H,3-7H2,1-2H3/p+1. The zero-order valence-electron chi connectivity index (χ0n) is 8.55. The van der Waals surface area contributed by atoms with Crippen LogP contribution in [0, 0.1) is 0 Å². The summed E-state index contributed by atoms with van der Waals surface area (Å²) in [4.78, 5) is 11.4. The highest BCUT2D eigenvalue weighted by Crippen LogP contribution is 2.30. The Morgan fingerprint density at radius 2 is 2.00 bits per heavy atom. The predicted octanol–water partition coefficient (Wildman–Crippen LogP) is 0.504. The lowest BCUT2D eigenvalue weighted by Crippen LogP contribution is -2.58. The molecule has 1 amide bonds. The molecule has 0 saturated carbocycles. The molecule has 2 unspecified atom stereocenters. The molecule has 0 aromatic heterocycles. The molecule has 2 atom stereocenters. The summed E-state index contributed by atoms with van der Waals surface area (Å²) in [6.07, 6.45) is 4.51. The van der Waals surface area contributed by atoms with E-state index in [2.05, 4.69) is 19.4 Å². The van der Waals surface area contributed by atoms with Crippen LogP contribution < -0.4 is 5.32 Å². The summed E-state index contributed by atoms with van der Waals surface area (Å²) >= 11 is 0. The van der Waals surface area contributed by atoms with E-state index in [1.807, 2.05) is 0 Å². The molecule has 2 aliphatic rings. The number of quaternary nitrogens is 1. The Labute approximate surface area is 79.7 Å².